The van der Waals surface area contributed by atoms with Crippen molar-refractivity contribution < 1.29 is 4.74 Å². The Labute approximate surface area is 161 Å². The Hall–Kier alpha value is -2.18. The molecule has 2 aromatic rings. The van der Waals surface area contributed by atoms with Crippen LogP contribution in [0.25, 0.3) is 0 Å². The number of anilines is 2. The molecule has 1 saturated heterocycles. The second-order valence-corrected chi connectivity index (χ2v) is 7.57. The molecule has 1 aliphatic heterocycles. The van der Waals surface area contributed by atoms with Crippen LogP contribution in [0.2, 0.25) is 0 Å². The van der Waals surface area contributed by atoms with E-state index in [1.165, 1.54) is 18.4 Å². The lowest BCUT2D eigenvalue weighted by Gasteiger charge is -2.32. The molecule has 0 amide bonds. The van der Waals surface area contributed by atoms with Gasteiger partial charge in [0.25, 0.3) is 0 Å². The van der Waals surface area contributed by atoms with Gasteiger partial charge in [0, 0.05) is 37.7 Å². The lowest BCUT2D eigenvalue weighted by Crippen LogP contribution is -2.35. The SMILES string of the molecule is NC1CC(c2cc(NCCOCc3ccccc3)nc(N3CCCC3)n2)C1. The van der Waals surface area contributed by atoms with Gasteiger partial charge in [-0.15, -0.1) is 0 Å². The summed E-state index contributed by atoms with van der Waals surface area (Å²) in [7, 11) is 0. The molecule has 2 heterocycles. The van der Waals surface area contributed by atoms with E-state index in [-0.39, 0.29) is 0 Å². The largest absolute Gasteiger partial charge is 0.375 e. The number of hydrogen-bond donors (Lipinski definition) is 2. The fourth-order valence-corrected chi connectivity index (χ4v) is 3.73. The van der Waals surface area contributed by atoms with Gasteiger partial charge in [0.15, 0.2) is 0 Å². The van der Waals surface area contributed by atoms with Gasteiger partial charge in [0.2, 0.25) is 5.95 Å². The summed E-state index contributed by atoms with van der Waals surface area (Å²) in [5.41, 5.74) is 8.30. The average molecular weight is 367 g/mol. The molecule has 0 bridgehead atoms. The molecule has 2 fully saturated rings. The van der Waals surface area contributed by atoms with Crippen molar-refractivity contribution in [1.82, 2.24) is 9.97 Å². The summed E-state index contributed by atoms with van der Waals surface area (Å²) in [6.07, 6.45) is 4.49. The number of nitrogens with one attached hydrogen (secondary N) is 1. The number of hydrogen-bond acceptors (Lipinski definition) is 6. The molecule has 1 aromatic carbocycles. The topological polar surface area (TPSA) is 76.3 Å². The van der Waals surface area contributed by atoms with Gasteiger partial charge in [-0.2, -0.15) is 4.98 Å². The fourth-order valence-electron chi connectivity index (χ4n) is 3.73. The molecule has 144 valence electrons. The van der Waals surface area contributed by atoms with Gasteiger partial charge < -0.3 is 20.7 Å². The second kappa shape index (κ2) is 8.67. The van der Waals surface area contributed by atoms with E-state index in [1.54, 1.807) is 0 Å². The zero-order valence-corrected chi connectivity index (χ0v) is 15.8. The molecular weight excluding hydrogens is 338 g/mol. The average Bonchev–Trinajstić information content (AvgIpc) is 3.21. The third-order valence-electron chi connectivity index (χ3n) is 5.38. The molecule has 1 aromatic heterocycles. The van der Waals surface area contributed by atoms with Crippen molar-refractivity contribution in [2.45, 2.75) is 44.2 Å². The van der Waals surface area contributed by atoms with Gasteiger partial charge >= 0.3 is 0 Å². The van der Waals surface area contributed by atoms with Crippen molar-refractivity contribution in [3.63, 3.8) is 0 Å². The van der Waals surface area contributed by atoms with Crippen LogP contribution in [0.15, 0.2) is 36.4 Å². The first-order chi connectivity index (χ1) is 13.3. The molecule has 0 spiro atoms. The Bertz CT molecular complexity index is 727. The third-order valence-corrected chi connectivity index (χ3v) is 5.38. The van der Waals surface area contributed by atoms with Crippen molar-refractivity contribution in [2.24, 2.45) is 5.73 Å². The molecule has 6 heteroatoms. The lowest BCUT2D eigenvalue weighted by atomic mass is 9.78. The van der Waals surface area contributed by atoms with E-state index in [0.717, 1.165) is 49.9 Å². The summed E-state index contributed by atoms with van der Waals surface area (Å²) in [6, 6.07) is 12.7. The normalized spacial score (nSPS) is 21.9. The number of ether oxygens (including phenoxy) is 1. The Morgan fingerprint density at radius 2 is 1.89 bits per heavy atom. The minimum Gasteiger partial charge on any atom is -0.375 e. The van der Waals surface area contributed by atoms with E-state index in [4.69, 9.17) is 20.4 Å². The predicted octanol–water partition coefficient (Wildman–Crippen LogP) is 2.91. The van der Waals surface area contributed by atoms with Gasteiger partial charge in [0.1, 0.15) is 5.82 Å². The molecule has 27 heavy (non-hydrogen) atoms. The molecule has 0 atom stereocenters. The van der Waals surface area contributed by atoms with Gasteiger partial charge in [-0.3, -0.25) is 0 Å². The van der Waals surface area contributed by atoms with Crippen molar-refractivity contribution >= 4 is 11.8 Å². The maximum atomic E-state index is 5.98. The van der Waals surface area contributed by atoms with E-state index in [9.17, 15) is 0 Å². The van der Waals surface area contributed by atoms with Crippen molar-refractivity contribution in [2.75, 3.05) is 36.5 Å². The molecule has 4 rings (SSSR count). The Morgan fingerprint density at radius 1 is 1.11 bits per heavy atom. The lowest BCUT2D eigenvalue weighted by molar-refractivity contribution is 0.130. The van der Waals surface area contributed by atoms with E-state index < -0.39 is 0 Å². The van der Waals surface area contributed by atoms with E-state index in [2.05, 4.69) is 28.4 Å². The predicted molar refractivity (Wildman–Crippen MR) is 108 cm³/mol. The Kier molecular flexibility index (Phi) is 5.84. The summed E-state index contributed by atoms with van der Waals surface area (Å²) >= 11 is 0. The number of nitrogens with zero attached hydrogens (tertiary/aromatic N) is 3. The molecule has 3 N–H and O–H groups in total. The fraction of sp³-hybridized carbons (Fsp3) is 0.524. The van der Waals surface area contributed by atoms with Crippen LogP contribution in [-0.2, 0) is 11.3 Å². The number of aromatic nitrogens is 2. The number of nitrogens with two attached hydrogens (primary N) is 1. The summed E-state index contributed by atoms with van der Waals surface area (Å²) in [5, 5.41) is 3.42. The highest BCUT2D eigenvalue weighted by Gasteiger charge is 2.30. The van der Waals surface area contributed by atoms with Crippen molar-refractivity contribution in [3.05, 3.63) is 47.7 Å². The highest BCUT2D eigenvalue weighted by molar-refractivity contribution is 5.45. The van der Waals surface area contributed by atoms with Gasteiger partial charge in [0.05, 0.1) is 18.9 Å². The molecule has 1 aliphatic carbocycles. The maximum Gasteiger partial charge on any atom is 0.227 e. The minimum atomic E-state index is 0.322. The van der Waals surface area contributed by atoms with Crippen LogP contribution in [0, 0.1) is 0 Å². The first-order valence-corrected chi connectivity index (χ1v) is 10.0. The summed E-state index contributed by atoms with van der Waals surface area (Å²) < 4.78 is 5.76. The molecule has 0 unspecified atom stereocenters. The van der Waals surface area contributed by atoms with E-state index in [1.807, 2.05) is 18.2 Å². The van der Waals surface area contributed by atoms with Crippen LogP contribution >= 0.6 is 0 Å². The first kappa shape index (κ1) is 18.2. The van der Waals surface area contributed by atoms with Crippen LogP contribution in [-0.4, -0.2) is 42.3 Å². The Balaban J connectivity index is 1.34. The Morgan fingerprint density at radius 3 is 2.63 bits per heavy atom. The second-order valence-electron chi connectivity index (χ2n) is 7.57. The highest BCUT2D eigenvalue weighted by atomic mass is 16.5. The first-order valence-electron chi connectivity index (χ1n) is 10.0. The zero-order chi connectivity index (χ0) is 18.5. The third kappa shape index (κ3) is 4.76. The molecule has 6 nitrogen and oxygen atoms in total. The van der Waals surface area contributed by atoms with Gasteiger partial charge in [-0.25, -0.2) is 4.98 Å². The molecular formula is C21H29N5O. The smallest absolute Gasteiger partial charge is 0.227 e. The van der Waals surface area contributed by atoms with E-state index >= 15 is 0 Å². The highest BCUT2D eigenvalue weighted by Crippen LogP contribution is 2.36. The van der Waals surface area contributed by atoms with E-state index in [0.29, 0.717) is 25.2 Å². The molecule has 1 saturated carbocycles. The summed E-state index contributed by atoms with van der Waals surface area (Å²) in [6.45, 7) is 4.10. The van der Waals surface area contributed by atoms with Crippen LogP contribution < -0.4 is 16.0 Å². The van der Waals surface area contributed by atoms with Gasteiger partial charge in [-0.1, -0.05) is 30.3 Å². The van der Waals surface area contributed by atoms with Crippen LogP contribution in [0.4, 0.5) is 11.8 Å². The molecule has 2 aliphatic rings. The quantitative estimate of drug-likeness (QED) is 0.699. The minimum absolute atomic E-state index is 0.322. The number of rotatable bonds is 8. The van der Waals surface area contributed by atoms with Crippen molar-refractivity contribution in [1.29, 1.82) is 0 Å². The van der Waals surface area contributed by atoms with Crippen LogP contribution in [0.3, 0.4) is 0 Å². The zero-order valence-electron chi connectivity index (χ0n) is 15.8. The monoisotopic (exact) mass is 367 g/mol. The number of benzene rings is 1. The van der Waals surface area contributed by atoms with Crippen LogP contribution in [0.5, 0.6) is 0 Å². The molecule has 0 radical (unpaired) electrons. The maximum absolute atomic E-state index is 5.98. The van der Waals surface area contributed by atoms with Crippen molar-refractivity contribution in [3.8, 4) is 0 Å². The van der Waals surface area contributed by atoms with Crippen LogP contribution in [0.1, 0.15) is 42.9 Å². The van der Waals surface area contributed by atoms with Gasteiger partial charge in [-0.05, 0) is 31.2 Å². The summed E-state index contributed by atoms with van der Waals surface area (Å²) in [5.74, 6) is 2.23. The standard InChI is InChI=1S/C21H29N5O/c22-18-12-17(13-18)19-14-20(25-21(24-19)26-9-4-5-10-26)23-8-11-27-15-16-6-2-1-3-7-16/h1-3,6-7,14,17-18H,4-5,8-13,15,22H2,(H,23,24,25). The summed E-state index contributed by atoms with van der Waals surface area (Å²) in [4.78, 5) is 11.9.